The zero-order valence-electron chi connectivity index (χ0n) is 21.5. The Bertz CT molecular complexity index is 1120. The molecule has 0 aliphatic carbocycles. The van der Waals surface area contributed by atoms with Crippen molar-refractivity contribution in [2.75, 3.05) is 26.2 Å². The summed E-state index contributed by atoms with van der Waals surface area (Å²) in [6.45, 7) is 4.94. The number of rotatable bonds is 4. The Balaban J connectivity index is 0.000000333. The molecule has 2 fully saturated rings. The molecule has 4 rings (SSSR count). The molecular weight excluding hydrogens is 552 g/mol. The summed E-state index contributed by atoms with van der Waals surface area (Å²) in [6, 6.07) is 3.88. The summed E-state index contributed by atoms with van der Waals surface area (Å²) in [4.78, 5) is 39.3. The third kappa shape index (κ3) is 10.5. The van der Waals surface area contributed by atoms with Gasteiger partial charge in [-0.1, -0.05) is 6.07 Å². The number of hydrogen-bond donors (Lipinski definition) is 2. The van der Waals surface area contributed by atoms with Crippen LogP contribution in [0.15, 0.2) is 36.9 Å². The van der Waals surface area contributed by atoms with Gasteiger partial charge in [-0.15, -0.1) is 0 Å². The van der Waals surface area contributed by atoms with E-state index < -0.39 is 24.3 Å². The first-order valence-corrected chi connectivity index (χ1v) is 12.0. The van der Waals surface area contributed by atoms with E-state index in [1.165, 1.54) is 18.4 Å². The Hall–Kier alpha value is -3.69. The second-order valence-corrected chi connectivity index (χ2v) is 9.55. The van der Waals surface area contributed by atoms with Crippen molar-refractivity contribution in [1.29, 1.82) is 0 Å². The molecule has 222 valence electrons. The van der Waals surface area contributed by atoms with E-state index in [2.05, 4.69) is 26.1 Å². The van der Waals surface area contributed by atoms with E-state index in [-0.39, 0.29) is 11.3 Å². The van der Waals surface area contributed by atoms with Crippen molar-refractivity contribution in [2.24, 2.45) is 12.5 Å². The number of likely N-dealkylation sites (tertiary alicyclic amines) is 2. The van der Waals surface area contributed by atoms with Crippen LogP contribution in [0.1, 0.15) is 30.4 Å². The van der Waals surface area contributed by atoms with Crippen LogP contribution >= 0.6 is 0 Å². The molecule has 1 spiro atoms. The molecule has 2 saturated heterocycles. The fourth-order valence-corrected chi connectivity index (χ4v) is 4.52. The number of carboxylic acids is 2. The van der Waals surface area contributed by atoms with Crippen LogP contribution in [0.5, 0.6) is 0 Å². The van der Waals surface area contributed by atoms with E-state index in [0.717, 1.165) is 44.7 Å². The van der Waals surface area contributed by atoms with Gasteiger partial charge >= 0.3 is 24.3 Å². The molecule has 2 aromatic rings. The number of aryl methyl sites for hydroxylation is 1. The van der Waals surface area contributed by atoms with Crippen LogP contribution in [-0.4, -0.2) is 91.2 Å². The molecular formula is C24H29F6N5O5. The molecule has 0 radical (unpaired) electrons. The van der Waals surface area contributed by atoms with Crippen LogP contribution in [0.25, 0.3) is 0 Å². The van der Waals surface area contributed by atoms with Crippen molar-refractivity contribution in [3.8, 4) is 0 Å². The Labute approximate surface area is 225 Å². The van der Waals surface area contributed by atoms with E-state index >= 15 is 0 Å². The van der Waals surface area contributed by atoms with Gasteiger partial charge in [-0.25, -0.2) is 9.59 Å². The van der Waals surface area contributed by atoms with Crippen LogP contribution in [-0.2, 0) is 34.4 Å². The monoisotopic (exact) mass is 581 g/mol. The summed E-state index contributed by atoms with van der Waals surface area (Å²) < 4.78 is 65.3. The number of aliphatic carboxylic acids is 2. The van der Waals surface area contributed by atoms with Crippen LogP contribution in [0.2, 0.25) is 0 Å². The zero-order valence-corrected chi connectivity index (χ0v) is 21.5. The van der Waals surface area contributed by atoms with Crippen molar-refractivity contribution >= 4 is 17.8 Å². The molecule has 40 heavy (non-hydrogen) atoms. The average molecular weight is 582 g/mol. The minimum Gasteiger partial charge on any atom is -0.475 e. The molecule has 1 atom stereocenters. The maximum atomic E-state index is 12.8. The average Bonchev–Trinajstić information content (AvgIpc) is 3.44. The summed E-state index contributed by atoms with van der Waals surface area (Å²) in [7, 11) is 1.96. The number of carboxylic acid groups (broad SMARTS) is 2. The zero-order chi connectivity index (χ0) is 30.1. The van der Waals surface area contributed by atoms with Crippen molar-refractivity contribution in [3.63, 3.8) is 0 Å². The van der Waals surface area contributed by atoms with Crippen LogP contribution < -0.4 is 0 Å². The third-order valence-electron chi connectivity index (χ3n) is 6.26. The first-order chi connectivity index (χ1) is 18.5. The SMILES string of the molecule is Cn1cc(CN2CCC3(CCCN(C(=O)Cc4cccnc4)C3)C2)cn1.O=C(O)C(F)(F)F.O=C(O)C(F)(F)F. The Morgan fingerprint density at radius 1 is 0.950 bits per heavy atom. The molecule has 0 bridgehead atoms. The van der Waals surface area contributed by atoms with Crippen LogP contribution in [0.4, 0.5) is 26.3 Å². The fourth-order valence-electron chi connectivity index (χ4n) is 4.52. The van der Waals surface area contributed by atoms with Crippen molar-refractivity contribution in [2.45, 2.75) is 44.6 Å². The predicted molar refractivity (Wildman–Crippen MR) is 127 cm³/mol. The number of alkyl halides is 6. The normalized spacial score (nSPS) is 19.3. The van der Waals surface area contributed by atoms with Gasteiger partial charge < -0.3 is 15.1 Å². The third-order valence-corrected chi connectivity index (χ3v) is 6.26. The lowest BCUT2D eigenvalue weighted by Gasteiger charge is -2.40. The van der Waals surface area contributed by atoms with E-state index in [1.807, 2.05) is 30.1 Å². The molecule has 2 aromatic heterocycles. The largest absolute Gasteiger partial charge is 0.490 e. The van der Waals surface area contributed by atoms with Gasteiger partial charge in [0.2, 0.25) is 5.91 Å². The number of pyridine rings is 1. The molecule has 16 heteroatoms. The standard InChI is InChI=1S/C20H27N5O.2C2HF3O2/c1-23-13-18(12-22-23)14-24-9-6-20(15-24)5-3-8-25(16-20)19(26)10-17-4-2-7-21-11-17;2*3-2(4,5)1(6)7/h2,4,7,11-13H,3,5-6,8-10,14-16H2,1H3;2*(H,6,7). The Kier molecular flexibility index (Phi) is 11.0. The van der Waals surface area contributed by atoms with E-state index in [1.54, 1.807) is 12.4 Å². The second-order valence-electron chi connectivity index (χ2n) is 9.55. The van der Waals surface area contributed by atoms with Crippen molar-refractivity contribution in [1.82, 2.24) is 24.6 Å². The number of carbonyl (C=O) groups excluding carboxylic acids is 1. The maximum absolute atomic E-state index is 12.8. The predicted octanol–water partition coefficient (Wildman–Crippen LogP) is 3.14. The number of halogens is 6. The Morgan fingerprint density at radius 2 is 1.57 bits per heavy atom. The quantitative estimate of drug-likeness (QED) is 0.528. The minimum absolute atomic E-state index is 0.239. The number of carbonyl (C=O) groups is 3. The summed E-state index contributed by atoms with van der Waals surface area (Å²) in [5.74, 6) is -5.28. The molecule has 10 nitrogen and oxygen atoms in total. The van der Waals surface area contributed by atoms with E-state index in [0.29, 0.717) is 6.42 Å². The van der Waals surface area contributed by atoms with Gasteiger partial charge in [0, 0.05) is 62.8 Å². The van der Waals surface area contributed by atoms with Gasteiger partial charge in [0.25, 0.3) is 0 Å². The number of hydrogen-bond acceptors (Lipinski definition) is 6. The van der Waals surface area contributed by atoms with Crippen LogP contribution in [0.3, 0.4) is 0 Å². The number of amides is 1. The lowest BCUT2D eigenvalue weighted by molar-refractivity contribution is -0.193. The topological polar surface area (TPSA) is 129 Å². The molecule has 2 N–H and O–H groups in total. The first-order valence-electron chi connectivity index (χ1n) is 12.0. The molecule has 0 aromatic carbocycles. The van der Waals surface area contributed by atoms with Gasteiger partial charge in [0.15, 0.2) is 0 Å². The highest BCUT2D eigenvalue weighted by molar-refractivity contribution is 5.78. The summed E-state index contributed by atoms with van der Waals surface area (Å²) in [5.41, 5.74) is 2.54. The van der Waals surface area contributed by atoms with Crippen molar-refractivity contribution < 1.29 is 50.9 Å². The van der Waals surface area contributed by atoms with Crippen LogP contribution in [0, 0.1) is 5.41 Å². The molecule has 2 aliphatic rings. The fraction of sp³-hybridized carbons (Fsp3) is 0.542. The highest BCUT2D eigenvalue weighted by Crippen LogP contribution is 2.39. The molecule has 0 saturated carbocycles. The second kappa shape index (κ2) is 13.6. The highest BCUT2D eigenvalue weighted by atomic mass is 19.4. The van der Waals surface area contributed by atoms with Crippen molar-refractivity contribution in [3.05, 3.63) is 48.0 Å². The maximum Gasteiger partial charge on any atom is 0.490 e. The minimum atomic E-state index is -5.08. The highest BCUT2D eigenvalue weighted by Gasteiger charge is 2.42. The molecule has 1 unspecified atom stereocenters. The summed E-state index contributed by atoms with van der Waals surface area (Å²) in [5, 5.41) is 18.5. The number of piperidine rings is 1. The summed E-state index contributed by atoms with van der Waals surface area (Å²) >= 11 is 0. The first kappa shape index (κ1) is 32.5. The molecule has 4 heterocycles. The van der Waals surface area contributed by atoms with E-state index in [4.69, 9.17) is 19.8 Å². The number of nitrogens with zero attached hydrogens (tertiary/aromatic N) is 5. The lowest BCUT2D eigenvalue weighted by Crippen LogP contribution is -2.47. The lowest BCUT2D eigenvalue weighted by atomic mass is 9.79. The van der Waals surface area contributed by atoms with Gasteiger partial charge in [-0.2, -0.15) is 31.4 Å². The van der Waals surface area contributed by atoms with E-state index in [9.17, 15) is 31.1 Å². The van der Waals surface area contributed by atoms with Gasteiger partial charge in [0.05, 0.1) is 12.6 Å². The molecule has 1 amide bonds. The van der Waals surface area contributed by atoms with Gasteiger partial charge in [-0.05, 0) is 37.4 Å². The number of aromatic nitrogens is 3. The molecule has 2 aliphatic heterocycles. The van der Waals surface area contributed by atoms with Gasteiger partial charge in [-0.3, -0.25) is 19.4 Å². The smallest absolute Gasteiger partial charge is 0.475 e. The Morgan fingerprint density at radius 3 is 2.08 bits per heavy atom. The summed E-state index contributed by atoms with van der Waals surface area (Å²) in [6.07, 6.45) is 1.41. The van der Waals surface area contributed by atoms with Gasteiger partial charge in [0.1, 0.15) is 0 Å².